The number of nitrogens with zero attached hydrogens (tertiary/aromatic N) is 2. The summed E-state index contributed by atoms with van der Waals surface area (Å²) in [6.07, 6.45) is 1.43. The molecule has 154 valence electrons. The topological polar surface area (TPSA) is 60.7 Å². The molecule has 2 aromatic heterocycles. The van der Waals surface area contributed by atoms with Crippen LogP contribution in [0.2, 0.25) is 5.02 Å². The number of allylic oxidation sites excluding steroid dienone is 1. The Balaban J connectivity index is 1.98. The highest BCUT2D eigenvalue weighted by molar-refractivity contribution is 7.10. The van der Waals surface area contributed by atoms with Gasteiger partial charge in [0, 0.05) is 10.4 Å². The van der Waals surface area contributed by atoms with Crippen molar-refractivity contribution in [2.24, 2.45) is 4.99 Å². The van der Waals surface area contributed by atoms with Crippen molar-refractivity contribution in [3.8, 4) is 0 Å². The Morgan fingerprint density at radius 3 is 2.83 bits per heavy atom. The Hall–Kier alpha value is -2.55. The smallest absolute Gasteiger partial charge is 0.338 e. The number of rotatable bonds is 4. The molecular formula is C21H16ClFN2O3S2. The monoisotopic (exact) mass is 462 g/mol. The summed E-state index contributed by atoms with van der Waals surface area (Å²) in [6.45, 7) is 3.65. The number of ether oxygens (including phenoxy) is 1. The lowest BCUT2D eigenvalue weighted by molar-refractivity contribution is -0.139. The molecule has 0 saturated heterocycles. The van der Waals surface area contributed by atoms with E-state index in [0.717, 1.165) is 16.2 Å². The van der Waals surface area contributed by atoms with Crippen LogP contribution < -0.4 is 14.9 Å². The molecular weight excluding hydrogens is 447 g/mol. The number of thiazole rings is 1. The minimum absolute atomic E-state index is 0.137. The van der Waals surface area contributed by atoms with Crippen molar-refractivity contribution in [2.45, 2.75) is 19.9 Å². The average Bonchev–Trinajstić information content (AvgIpc) is 3.33. The number of aromatic nitrogens is 1. The minimum Gasteiger partial charge on any atom is -0.463 e. The largest absolute Gasteiger partial charge is 0.463 e. The second kappa shape index (κ2) is 8.29. The highest BCUT2D eigenvalue weighted by atomic mass is 35.5. The van der Waals surface area contributed by atoms with Gasteiger partial charge in [-0.1, -0.05) is 35.1 Å². The van der Waals surface area contributed by atoms with Gasteiger partial charge in [-0.15, -0.1) is 11.3 Å². The maximum Gasteiger partial charge on any atom is 0.338 e. The molecule has 0 bridgehead atoms. The second-order valence-corrected chi connectivity index (χ2v) is 8.85. The number of fused-ring (bicyclic) bond motifs is 1. The summed E-state index contributed by atoms with van der Waals surface area (Å²) in [5.74, 6) is -1.03. The van der Waals surface area contributed by atoms with E-state index in [9.17, 15) is 14.0 Å². The molecule has 0 unspecified atom stereocenters. The van der Waals surface area contributed by atoms with Crippen molar-refractivity contribution in [1.29, 1.82) is 0 Å². The predicted molar refractivity (Wildman–Crippen MR) is 116 cm³/mol. The van der Waals surface area contributed by atoms with Gasteiger partial charge in [0.25, 0.3) is 5.56 Å². The number of halogens is 2. The van der Waals surface area contributed by atoms with Crippen LogP contribution in [-0.4, -0.2) is 17.1 Å². The van der Waals surface area contributed by atoms with Crippen LogP contribution in [0.15, 0.2) is 56.8 Å². The van der Waals surface area contributed by atoms with Crippen molar-refractivity contribution >= 4 is 46.3 Å². The van der Waals surface area contributed by atoms with Gasteiger partial charge in [-0.25, -0.2) is 14.2 Å². The summed E-state index contributed by atoms with van der Waals surface area (Å²) >= 11 is 8.68. The normalized spacial score (nSPS) is 16.4. The first-order chi connectivity index (χ1) is 14.4. The lowest BCUT2D eigenvalue weighted by atomic mass is 10.0. The highest BCUT2D eigenvalue weighted by Gasteiger charge is 2.33. The van der Waals surface area contributed by atoms with Gasteiger partial charge in [0.15, 0.2) is 4.80 Å². The lowest BCUT2D eigenvalue weighted by Gasteiger charge is -2.23. The molecule has 1 atom stereocenters. The molecule has 1 aliphatic rings. The van der Waals surface area contributed by atoms with E-state index in [2.05, 4.69) is 4.99 Å². The van der Waals surface area contributed by atoms with E-state index in [1.54, 1.807) is 19.9 Å². The van der Waals surface area contributed by atoms with Gasteiger partial charge < -0.3 is 4.74 Å². The summed E-state index contributed by atoms with van der Waals surface area (Å²) in [7, 11) is 0. The zero-order valence-corrected chi connectivity index (χ0v) is 18.4. The first-order valence-electron chi connectivity index (χ1n) is 9.09. The van der Waals surface area contributed by atoms with Crippen LogP contribution in [0.25, 0.3) is 6.08 Å². The van der Waals surface area contributed by atoms with Crippen molar-refractivity contribution in [3.05, 3.63) is 88.0 Å². The van der Waals surface area contributed by atoms with E-state index in [4.69, 9.17) is 16.3 Å². The van der Waals surface area contributed by atoms with Crippen LogP contribution in [0.1, 0.15) is 30.3 Å². The van der Waals surface area contributed by atoms with Crippen LogP contribution in [-0.2, 0) is 9.53 Å². The van der Waals surface area contributed by atoms with Gasteiger partial charge in [0.1, 0.15) is 11.9 Å². The molecule has 0 saturated carbocycles. The molecule has 0 aliphatic carbocycles. The molecule has 3 aromatic rings. The first kappa shape index (κ1) is 20.7. The number of hydrogen-bond acceptors (Lipinski definition) is 6. The highest BCUT2D eigenvalue weighted by Crippen LogP contribution is 2.33. The molecule has 0 spiro atoms. The first-order valence-corrected chi connectivity index (χ1v) is 11.2. The standard InChI is InChI=1S/C21H16ClFN2O3S2/c1-3-28-20(27)17-11(2)24-21-25(18(17)15-8-5-9-29-15)19(26)16(30-21)10-12-13(22)6-4-7-14(12)23/h4-10,18H,3H2,1-2H3/b16-10-/t18-/m1/s1. The van der Waals surface area contributed by atoms with Crippen molar-refractivity contribution in [2.75, 3.05) is 6.61 Å². The Morgan fingerprint density at radius 1 is 1.37 bits per heavy atom. The SMILES string of the molecule is CCOC(=O)C1=C(C)N=c2s/c(=C\c3c(F)cccc3Cl)c(=O)n2[C@@H]1c1cccs1. The molecule has 4 rings (SSSR count). The maximum absolute atomic E-state index is 14.3. The van der Waals surface area contributed by atoms with Crippen molar-refractivity contribution < 1.29 is 13.9 Å². The predicted octanol–water partition coefficient (Wildman–Crippen LogP) is 3.65. The van der Waals surface area contributed by atoms with Gasteiger partial charge in [0.2, 0.25) is 0 Å². The summed E-state index contributed by atoms with van der Waals surface area (Å²) < 4.78 is 21.2. The van der Waals surface area contributed by atoms with Crippen LogP contribution in [0.4, 0.5) is 4.39 Å². The molecule has 5 nitrogen and oxygen atoms in total. The third-order valence-electron chi connectivity index (χ3n) is 4.60. The molecule has 1 aliphatic heterocycles. The van der Waals surface area contributed by atoms with Gasteiger partial charge >= 0.3 is 5.97 Å². The Morgan fingerprint density at radius 2 is 2.17 bits per heavy atom. The fraction of sp³-hybridized carbons (Fsp3) is 0.190. The van der Waals surface area contributed by atoms with E-state index in [1.165, 1.54) is 34.1 Å². The van der Waals surface area contributed by atoms with E-state index < -0.39 is 17.8 Å². The number of hydrogen-bond donors (Lipinski definition) is 0. The fourth-order valence-electron chi connectivity index (χ4n) is 3.29. The number of thiophene rings is 1. The Labute approximate surface area is 184 Å². The van der Waals surface area contributed by atoms with E-state index in [0.29, 0.717) is 16.1 Å². The molecule has 0 radical (unpaired) electrons. The summed E-state index contributed by atoms with van der Waals surface area (Å²) in [4.78, 5) is 31.7. The molecule has 0 N–H and O–H groups in total. The fourth-order valence-corrected chi connectivity index (χ4v) is 5.36. The molecule has 3 heterocycles. The number of carbonyl (C=O) groups excluding carboxylic acids is 1. The lowest BCUT2D eigenvalue weighted by Crippen LogP contribution is -2.39. The summed E-state index contributed by atoms with van der Waals surface area (Å²) in [5.41, 5.74) is 0.579. The van der Waals surface area contributed by atoms with Crippen LogP contribution in [0.3, 0.4) is 0 Å². The summed E-state index contributed by atoms with van der Waals surface area (Å²) in [6, 6.07) is 7.41. The third-order valence-corrected chi connectivity index (χ3v) is 6.84. The van der Waals surface area contributed by atoms with Gasteiger partial charge in [-0.3, -0.25) is 9.36 Å². The molecule has 0 amide bonds. The molecule has 0 fully saturated rings. The van der Waals surface area contributed by atoms with Crippen LogP contribution in [0.5, 0.6) is 0 Å². The number of carbonyl (C=O) groups is 1. The van der Waals surface area contributed by atoms with Crippen molar-refractivity contribution in [3.63, 3.8) is 0 Å². The van der Waals surface area contributed by atoms with E-state index >= 15 is 0 Å². The quantitative estimate of drug-likeness (QED) is 0.556. The van der Waals surface area contributed by atoms with Crippen LogP contribution in [0, 0.1) is 5.82 Å². The second-order valence-electron chi connectivity index (χ2n) is 6.45. The van der Waals surface area contributed by atoms with E-state index in [-0.39, 0.29) is 27.3 Å². The van der Waals surface area contributed by atoms with E-state index in [1.807, 2.05) is 17.5 Å². The van der Waals surface area contributed by atoms with Gasteiger partial charge in [0.05, 0.1) is 27.4 Å². The molecule has 1 aromatic carbocycles. The molecule has 9 heteroatoms. The van der Waals surface area contributed by atoms with Gasteiger partial charge in [-0.2, -0.15) is 0 Å². The zero-order valence-electron chi connectivity index (χ0n) is 16.0. The Kier molecular flexibility index (Phi) is 5.73. The zero-order chi connectivity index (χ0) is 21.4. The molecule has 30 heavy (non-hydrogen) atoms. The Bertz CT molecular complexity index is 1320. The summed E-state index contributed by atoms with van der Waals surface area (Å²) in [5, 5.41) is 2.08. The van der Waals surface area contributed by atoms with Crippen molar-refractivity contribution in [1.82, 2.24) is 4.57 Å². The third kappa shape index (κ3) is 3.55. The van der Waals surface area contributed by atoms with Crippen LogP contribution >= 0.6 is 34.3 Å². The minimum atomic E-state index is -0.654. The number of benzene rings is 1. The number of esters is 1. The average molecular weight is 463 g/mol. The maximum atomic E-state index is 14.3. The van der Waals surface area contributed by atoms with Gasteiger partial charge in [-0.05, 0) is 43.5 Å².